The van der Waals surface area contributed by atoms with Gasteiger partial charge in [-0.3, -0.25) is 9.69 Å². The Balaban J connectivity index is 1.22. The Bertz CT molecular complexity index is 1570. The van der Waals surface area contributed by atoms with Crippen LogP contribution >= 0.6 is 0 Å². The van der Waals surface area contributed by atoms with Gasteiger partial charge in [0, 0.05) is 18.4 Å². The number of nitrogens with one attached hydrogen (secondary N) is 1. The molecule has 1 N–H and O–H groups in total. The number of methoxy groups -OCH3 is 1. The monoisotopic (exact) mass is 616 g/mol. The maximum Gasteiger partial charge on any atom is 0.416 e. The molecule has 0 radical (unpaired) electrons. The molecule has 1 aliphatic heterocycles. The van der Waals surface area contributed by atoms with Gasteiger partial charge in [0.1, 0.15) is 12.6 Å². The highest BCUT2D eigenvalue weighted by atomic mass is 19.4. The molecule has 45 heavy (non-hydrogen) atoms. The summed E-state index contributed by atoms with van der Waals surface area (Å²) < 4.78 is 49.6. The zero-order chi connectivity index (χ0) is 31.8. The standard InChI is InChI=1S/C36H35F3N2O4/c1-44-23-24-45-35(43)33(28-7-3-2-4-8-28)41-21-19-26(20-22-41)25-13-17-30(18-14-25)40-34(42)32-10-6-5-9-31(32)27-11-15-29(16-12-27)36(37,38)39/h2-18,26,33H,19-24H2,1H3,(H,40,42). The lowest BCUT2D eigenvalue weighted by Crippen LogP contribution is -2.40. The smallest absolute Gasteiger partial charge is 0.416 e. The van der Waals surface area contributed by atoms with Crippen molar-refractivity contribution in [1.82, 2.24) is 4.90 Å². The summed E-state index contributed by atoms with van der Waals surface area (Å²) in [4.78, 5) is 28.5. The molecule has 0 bridgehead atoms. The van der Waals surface area contributed by atoms with E-state index in [4.69, 9.17) is 9.47 Å². The molecule has 1 saturated heterocycles. The normalized spacial score (nSPS) is 14.9. The number of rotatable bonds is 10. The van der Waals surface area contributed by atoms with Crippen molar-refractivity contribution >= 4 is 17.6 Å². The van der Waals surface area contributed by atoms with E-state index in [1.807, 2.05) is 54.6 Å². The molecule has 9 heteroatoms. The SMILES string of the molecule is COCCOC(=O)C(c1ccccc1)N1CCC(c2ccc(NC(=O)c3ccccc3-c3ccc(C(F)(F)F)cc3)cc2)CC1. The number of alkyl halides is 3. The molecule has 1 heterocycles. The molecular weight excluding hydrogens is 581 g/mol. The molecule has 1 aliphatic rings. The zero-order valence-electron chi connectivity index (χ0n) is 24.9. The van der Waals surface area contributed by atoms with Crippen molar-refractivity contribution in [2.45, 2.75) is 31.0 Å². The number of halogens is 3. The van der Waals surface area contributed by atoms with Gasteiger partial charge < -0.3 is 14.8 Å². The van der Waals surface area contributed by atoms with Gasteiger partial charge in [0.15, 0.2) is 0 Å². The lowest BCUT2D eigenvalue weighted by atomic mass is 9.88. The molecule has 1 unspecified atom stereocenters. The summed E-state index contributed by atoms with van der Waals surface area (Å²) >= 11 is 0. The molecule has 4 aromatic carbocycles. The molecule has 1 fully saturated rings. The maximum absolute atomic E-state index is 13.2. The highest BCUT2D eigenvalue weighted by Crippen LogP contribution is 2.34. The summed E-state index contributed by atoms with van der Waals surface area (Å²) in [7, 11) is 1.57. The van der Waals surface area contributed by atoms with Crippen LogP contribution in [0.1, 0.15) is 51.8 Å². The average Bonchev–Trinajstić information content (AvgIpc) is 3.06. The van der Waals surface area contributed by atoms with E-state index in [0.29, 0.717) is 34.9 Å². The van der Waals surface area contributed by atoms with Gasteiger partial charge in [-0.25, -0.2) is 4.79 Å². The molecule has 1 amide bonds. The van der Waals surface area contributed by atoms with Crippen LogP contribution in [0.4, 0.5) is 18.9 Å². The molecule has 234 valence electrons. The van der Waals surface area contributed by atoms with Crippen LogP contribution in [-0.2, 0) is 20.4 Å². The third kappa shape index (κ3) is 7.98. The predicted octanol–water partition coefficient (Wildman–Crippen LogP) is 7.74. The van der Waals surface area contributed by atoms with Crippen molar-refractivity contribution in [3.8, 4) is 11.1 Å². The number of anilines is 1. The van der Waals surface area contributed by atoms with Gasteiger partial charge in [-0.15, -0.1) is 0 Å². The minimum atomic E-state index is -4.43. The minimum absolute atomic E-state index is 0.207. The molecule has 0 aliphatic carbocycles. The number of hydrogen-bond acceptors (Lipinski definition) is 5. The number of carbonyl (C=O) groups is 2. The predicted molar refractivity (Wildman–Crippen MR) is 167 cm³/mol. The number of likely N-dealkylation sites (tertiary alicyclic amines) is 1. The van der Waals surface area contributed by atoms with Crippen molar-refractivity contribution in [1.29, 1.82) is 0 Å². The average molecular weight is 617 g/mol. The van der Waals surface area contributed by atoms with Gasteiger partial charge >= 0.3 is 12.1 Å². The summed E-state index contributed by atoms with van der Waals surface area (Å²) in [5.41, 5.74) is 3.36. The number of amides is 1. The maximum atomic E-state index is 13.2. The highest BCUT2D eigenvalue weighted by molar-refractivity contribution is 6.08. The lowest BCUT2D eigenvalue weighted by molar-refractivity contribution is -0.152. The number of nitrogens with zero attached hydrogens (tertiary/aromatic N) is 1. The topological polar surface area (TPSA) is 67.9 Å². The van der Waals surface area contributed by atoms with E-state index in [2.05, 4.69) is 10.2 Å². The van der Waals surface area contributed by atoms with Crippen LogP contribution in [0.15, 0.2) is 103 Å². The van der Waals surface area contributed by atoms with Gasteiger partial charge in [-0.05, 0) is 84.4 Å². The fourth-order valence-electron chi connectivity index (χ4n) is 5.74. The van der Waals surface area contributed by atoms with Gasteiger partial charge in [0.2, 0.25) is 0 Å². The van der Waals surface area contributed by atoms with Crippen molar-refractivity contribution in [3.05, 3.63) is 125 Å². The summed E-state index contributed by atoms with van der Waals surface area (Å²) in [6.45, 7) is 2.00. The van der Waals surface area contributed by atoms with E-state index in [1.54, 1.807) is 31.4 Å². The van der Waals surface area contributed by atoms with Crippen LogP contribution in [-0.4, -0.2) is 50.2 Å². The molecule has 0 spiro atoms. The van der Waals surface area contributed by atoms with E-state index < -0.39 is 17.8 Å². The summed E-state index contributed by atoms with van der Waals surface area (Å²) in [6, 6.07) is 28.5. The van der Waals surface area contributed by atoms with Crippen molar-refractivity contribution < 1.29 is 32.2 Å². The fourth-order valence-corrected chi connectivity index (χ4v) is 5.74. The third-order valence-electron chi connectivity index (χ3n) is 8.10. The molecular formula is C36H35F3N2O4. The molecule has 6 nitrogen and oxygen atoms in total. The zero-order valence-corrected chi connectivity index (χ0v) is 24.9. The fraction of sp³-hybridized carbons (Fsp3) is 0.278. The molecule has 0 saturated carbocycles. The quantitative estimate of drug-likeness (QED) is 0.146. The van der Waals surface area contributed by atoms with E-state index in [9.17, 15) is 22.8 Å². The van der Waals surface area contributed by atoms with Crippen LogP contribution in [0, 0.1) is 0 Å². The largest absolute Gasteiger partial charge is 0.462 e. The molecule has 1 atom stereocenters. The van der Waals surface area contributed by atoms with Crippen LogP contribution < -0.4 is 5.32 Å². The first-order valence-electron chi connectivity index (χ1n) is 14.9. The Hall–Kier alpha value is -4.47. The number of hydrogen-bond donors (Lipinski definition) is 1. The minimum Gasteiger partial charge on any atom is -0.462 e. The van der Waals surface area contributed by atoms with Crippen LogP contribution in [0.2, 0.25) is 0 Å². The van der Waals surface area contributed by atoms with Gasteiger partial charge in [-0.2, -0.15) is 13.2 Å². The van der Waals surface area contributed by atoms with Gasteiger partial charge in [0.25, 0.3) is 5.91 Å². The van der Waals surface area contributed by atoms with E-state index in [1.165, 1.54) is 12.1 Å². The van der Waals surface area contributed by atoms with Crippen LogP contribution in [0.5, 0.6) is 0 Å². The molecule has 5 rings (SSSR count). The summed E-state index contributed by atoms with van der Waals surface area (Å²) in [5.74, 6) is -0.333. The van der Waals surface area contributed by atoms with Gasteiger partial charge in [0.05, 0.1) is 12.2 Å². The number of carbonyl (C=O) groups excluding carboxylic acids is 2. The second-order valence-electron chi connectivity index (χ2n) is 11.0. The van der Waals surface area contributed by atoms with Gasteiger partial charge in [-0.1, -0.05) is 72.8 Å². The third-order valence-corrected chi connectivity index (χ3v) is 8.10. The Morgan fingerprint density at radius 1 is 0.844 bits per heavy atom. The lowest BCUT2D eigenvalue weighted by Gasteiger charge is -2.36. The number of esters is 1. The van der Waals surface area contributed by atoms with E-state index >= 15 is 0 Å². The molecule has 0 aromatic heterocycles. The number of piperidine rings is 1. The highest BCUT2D eigenvalue weighted by Gasteiger charge is 2.33. The van der Waals surface area contributed by atoms with Crippen LogP contribution in [0.25, 0.3) is 11.1 Å². The number of benzene rings is 4. The second kappa shape index (κ2) is 14.5. The van der Waals surface area contributed by atoms with Crippen molar-refractivity contribution in [2.75, 3.05) is 38.7 Å². The first-order chi connectivity index (χ1) is 21.7. The first-order valence-corrected chi connectivity index (χ1v) is 14.9. The van der Waals surface area contributed by atoms with Crippen molar-refractivity contribution in [2.24, 2.45) is 0 Å². The van der Waals surface area contributed by atoms with Crippen molar-refractivity contribution in [3.63, 3.8) is 0 Å². The second-order valence-corrected chi connectivity index (χ2v) is 11.0. The summed E-state index contributed by atoms with van der Waals surface area (Å²) in [6.07, 6.45) is -2.71. The van der Waals surface area contributed by atoms with E-state index in [0.717, 1.165) is 49.2 Å². The summed E-state index contributed by atoms with van der Waals surface area (Å²) in [5, 5.41) is 2.92. The Morgan fingerprint density at radius 3 is 2.13 bits per heavy atom. The Kier molecular flexibility index (Phi) is 10.3. The van der Waals surface area contributed by atoms with E-state index in [-0.39, 0.29) is 18.5 Å². The first kappa shape index (κ1) is 31.9. The molecule has 4 aromatic rings. The Labute approximate surface area is 260 Å². The number of ether oxygens (including phenoxy) is 2. The van der Waals surface area contributed by atoms with Crippen LogP contribution in [0.3, 0.4) is 0 Å². The Morgan fingerprint density at radius 2 is 1.49 bits per heavy atom.